The summed E-state index contributed by atoms with van der Waals surface area (Å²) in [6, 6.07) is 8.02. The minimum atomic E-state index is -3.72. The molecule has 1 aromatic carbocycles. The van der Waals surface area contributed by atoms with Crippen LogP contribution in [0.25, 0.3) is 0 Å². The van der Waals surface area contributed by atoms with E-state index in [1.165, 1.54) is 32.4 Å². The van der Waals surface area contributed by atoms with Crippen LogP contribution in [0.5, 0.6) is 5.75 Å². The van der Waals surface area contributed by atoms with E-state index in [4.69, 9.17) is 9.15 Å². The number of furan rings is 1. The quantitative estimate of drug-likeness (QED) is 0.641. The first-order valence-corrected chi connectivity index (χ1v) is 10.1. The van der Waals surface area contributed by atoms with Gasteiger partial charge in [-0.3, -0.25) is 4.79 Å². The molecule has 1 heterocycles. The predicted molar refractivity (Wildman–Crippen MR) is 96.4 cm³/mol. The van der Waals surface area contributed by atoms with Crippen molar-refractivity contribution in [1.29, 1.82) is 0 Å². The normalized spacial score (nSPS) is 11.3. The van der Waals surface area contributed by atoms with Gasteiger partial charge in [0.05, 0.1) is 19.1 Å². The van der Waals surface area contributed by atoms with Gasteiger partial charge in [0.15, 0.2) is 0 Å². The van der Waals surface area contributed by atoms with Crippen LogP contribution in [0.2, 0.25) is 0 Å². The number of sulfonamides is 1. The van der Waals surface area contributed by atoms with Crippen molar-refractivity contribution in [3.63, 3.8) is 0 Å². The second-order valence-electron chi connectivity index (χ2n) is 4.96. The van der Waals surface area contributed by atoms with Crippen LogP contribution < -0.4 is 14.8 Å². The van der Waals surface area contributed by atoms with Crippen LogP contribution in [0.1, 0.15) is 16.1 Å². The van der Waals surface area contributed by atoms with Gasteiger partial charge in [-0.25, -0.2) is 13.1 Å². The maximum atomic E-state index is 12.2. The Morgan fingerprint density at radius 3 is 2.76 bits per heavy atom. The number of hydrogen-bond acceptors (Lipinski definition) is 6. The first-order valence-electron chi connectivity index (χ1n) is 7.48. The van der Waals surface area contributed by atoms with Gasteiger partial charge in [-0.15, -0.1) is 0 Å². The van der Waals surface area contributed by atoms with Crippen molar-refractivity contribution in [3.05, 3.63) is 47.9 Å². The molecule has 2 N–H and O–H groups in total. The molecule has 0 saturated carbocycles. The van der Waals surface area contributed by atoms with Gasteiger partial charge in [0.25, 0.3) is 5.91 Å². The Labute approximate surface area is 151 Å². The summed E-state index contributed by atoms with van der Waals surface area (Å²) < 4.78 is 36.6. The van der Waals surface area contributed by atoms with Gasteiger partial charge < -0.3 is 14.5 Å². The zero-order chi connectivity index (χ0) is 18.3. The third-order valence-corrected chi connectivity index (χ3v) is 5.76. The van der Waals surface area contributed by atoms with Crippen LogP contribution in [0.3, 0.4) is 0 Å². The van der Waals surface area contributed by atoms with Gasteiger partial charge in [-0.1, -0.05) is 0 Å². The summed E-state index contributed by atoms with van der Waals surface area (Å²) >= 11 is 1.63. The number of hydrogen-bond donors (Lipinski definition) is 2. The lowest BCUT2D eigenvalue weighted by atomic mass is 10.2. The van der Waals surface area contributed by atoms with Crippen molar-refractivity contribution in [3.8, 4) is 5.75 Å². The molecule has 0 bridgehead atoms. The van der Waals surface area contributed by atoms with E-state index in [2.05, 4.69) is 10.0 Å². The largest absolute Gasteiger partial charge is 0.495 e. The first-order chi connectivity index (χ1) is 12.0. The van der Waals surface area contributed by atoms with Gasteiger partial charge in [-0.05, 0) is 37.4 Å². The molecule has 1 amide bonds. The van der Waals surface area contributed by atoms with E-state index in [-0.39, 0.29) is 22.1 Å². The van der Waals surface area contributed by atoms with Gasteiger partial charge in [0.1, 0.15) is 16.4 Å². The number of rotatable bonds is 9. The molecule has 2 rings (SSSR count). The maximum absolute atomic E-state index is 12.2. The number of thioether (sulfide) groups is 1. The number of carbonyl (C=O) groups excluding carboxylic acids is 1. The SMILES string of the molecule is CNS(=O)(=O)c1cc(C(=O)NCCSCc2ccco2)ccc1OC. The molecule has 0 saturated heterocycles. The molecule has 1 aromatic heterocycles. The minimum Gasteiger partial charge on any atom is -0.495 e. The fourth-order valence-electron chi connectivity index (χ4n) is 2.04. The molecule has 0 unspecified atom stereocenters. The number of ether oxygens (including phenoxy) is 1. The molecule has 0 aliphatic heterocycles. The average molecular weight is 384 g/mol. The summed E-state index contributed by atoms with van der Waals surface area (Å²) in [5.41, 5.74) is 0.255. The third kappa shape index (κ3) is 5.25. The number of methoxy groups -OCH3 is 1. The maximum Gasteiger partial charge on any atom is 0.251 e. The monoisotopic (exact) mass is 384 g/mol. The summed E-state index contributed by atoms with van der Waals surface area (Å²) in [6.45, 7) is 0.463. The van der Waals surface area contributed by atoms with Gasteiger partial charge >= 0.3 is 0 Å². The lowest BCUT2D eigenvalue weighted by Crippen LogP contribution is -2.26. The minimum absolute atomic E-state index is 0.0719. The highest BCUT2D eigenvalue weighted by molar-refractivity contribution is 7.98. The fourth-order valence-corrected chi connectivity index (χ4v) is 3.72. The summed E-state index contributed by atoms with van der Waals surface area (Å²) in [6.07, 6.45) is 1.62. The summed E-state index contributed by atoms with van der Waals surface area (Å²) in [5.74, 6) is 2.17. The number of benzene rings is 1. The Hall–Kier alpha value is -1.97. The Kier molecular flexibility index (Phi) is 6.91. The van der Waals surface area contributed by atoms with Gasteiger partial charge in [-0.2, -0.15) is 11.8 Å². The highest BCUT2D eigenvalue weighted by atomic mass is 32.2. The Bertz CT molecular complexity index is 804. The van der Waals surface area contributed by atoms with E-state index in [1.54, 1.807) is 18.0 Å². The number of carbonyl (C=O) groups is 1. The fraction of sp³-hybridized carbons (Fsp3) is 0.312. The van der Waals surface area contributed by atoms with Crippen molar-refractivity contribution < 1.29 is 22.4 Å². The molecular formula is C16H20N2O5S2. The van der Waals surface area contributed by atoms with Crippen LogP contribution in [0.15, 0.2) is 45.9 Å². The highest BCUT2D eigenvalue weighted by Crippen LogP contribution is 2.24. The molecule has 0 radical (unpaired) electrons. The molecule has 0 atom stereocenters. The Morgan fingerprint density at radius 1 is 1.32 bits per heavy atom. The van der Waals surface area contributed by atoms with Crippen molar-refractivity contribution in [2.75, 3.05) is 26.5 Å². The van der Waals surface area contributed by atoms with E-state index in [1.807, 2.05) is 12.1 Å². The van der Waals surface area contributed by atoms with E-state index in [0.29, 0.717) is 12.3 Å². The lowest BCUT2D eigenvalue weighted by molar-refractivity contribution is 0.0956. The molecule has 0 aliphatic carbocycles. The Balaban J connectivity index is 1.93. The molecule has 0 spiro atoms. The van der Waals surface area contributed by atoms with Crippen LogP contribution in [0.4, 0.5) is 0 Å². The second kappa shape index (κ2) is 8.93. The van der Waals surface area contributed by atoms with E-state index in [0.717, 1.165) is 11.5 Å². The number of nitrogens with one attached hydrogen (secondary N) is 2. The van der Waals surface area contributed by atoms with Crippen molar-refractivity contribution >= 4 is 27.7 Å². The van der Waals surface area contributed by atoms with Crippen LogP contribution in [-0.4, -0.2) is 40.8 Å². The molecule has 25 heavy (non-hydrogen) atoms. The molecule has 0 fully saturated rings. The smallest absolute Gasteiger partial charge is 0.251 e. The second-order valence-corrected chi connectivity index (χ2v) is 7.92. The summed E-state index contributed by atoms with van der Waals surface area (Å²) in [7, 11) is -1.04. The van der Waals surface area contributed by atoms with Crippen molar-refractivity contribution in [2.24, 2.45) is 0 Å². The van der Waals surface area contributed by atoms with E-state index in [9.17, 15) is 13.2 Å². The molecule has 7 nitrogen and oxygen atoms in total. The van der Waals surface area contributed by atoms with Gasteiger partial charge in [0.2, 0.25) is 10.0 Å². The molecular weight excluding hydrogens is 364 g/mol. The number of amides is 1. The summed E-state index contributed by atoms with van der Waals surface area (Å²) in [5, 5.41) is 2.77. The molecule has 2 aromatic rings. The Morgan fingerprint density at radius 2 is 2.12 bits per heavy atom. The van der Waals surface area contributed by atoms with Crippen molar-refractivity contribution in [2.45, 2.75) is 10.6 Å². The lowest BCUT2D eigenvalue weighted by Gasteiger charge is -2.11. The average Bonchev–Trinajstić information content (AvgIpc) is 3.14. The molecule has 0 aliphatic rings. The highest BCUT2D eigenvalue weighted by Gasteiger charge is 2.20. The molecule has 9 heteroatoms. The van der Waals surface area contributed by atoms with E-state index < -0.39 is 10.0 Å². The standard InChI is InChI=1S/C16H20N2O5S2/c1-17-25(20,21)15-10-12(5-6-14(15)22-2)16(19)18-7-9-24-11-13-4-3-8-23-13/h3-6,8,10,17H,7,9,11H2,1-2H3,(H,18,19). The van der Waals surface area contributed by atoms with E-state index >= 15 is 0 Å². The summed E-state index contributed by atoms with van der Waals surface area (Å²) in [4.78, 5) is 12.1. The zero-order valence-corrected chi connectivity index (χ0v) is 15.6. The first kappa shape index (κ1) is 19.4. The van der Waals surface area contributed by atoms with Crippen LogP contribution in [-0.2, 0) is 15.8 Å². The molecule has 136 valence electrons. The van der Waals surface area contributed by atoms with Crippen LogP contribution >= 0.6 is 11.8 Å². The zero-order valence-electron chi connectivity index (χ0n) is 13.9. The van der Waals surface area contributed by atoms with Crippen LogP contribution in [0, 0.1) is 0 Å². The van der Waals surface area contributed by atoms with Crippen molar-refractivity contribution in [1.82, 2.24) is 10.0 Å². The third-order valence-electron chi connectivity index (χ3n) is 3.34. The van der Waals surface area contributed by atoms with Gasteiger partial charge in [0, 0.05) is 17.9 Å². The topological polar surface area (TPSA) is 97.6 Å². The predicted octanol–water partition coefficient (Wildman–Crippen LogP) is 1.86.